The first-order valence-corrected chi connectivity index (χ1v) is 7.60. The third-order valence-electron chi connectivity index (χ3n) is 4.07. The van der Waals surface area contributed by atoms with Gasteiger partial charge < -0.3 is 25.0 Å². The van der Waals surface area contributed by atoms with E-state index < -0.39 is 6.04 Å². The number of nitrogens with one attached hydrogen (secondary N) is 1. The maximum absolute atomic E-state index is 12.4. The molecule has 0 aromatic rings. The van der Waals surface area contributed by atoms with Gasteiger partial charge in [-0.2, -0.15) is 0 Å². The van der Waals surface area contributed by atoms with Crippen molar-refractivity contribution in [3.63, 3.8) is 0 Å². The molecule has 0 aromatic carbocycles. The van der Waals surface area contributed by atoms with Gasteiger partial charge in [0, 0.05) is 39.8 Å². The van der Waals surface area contributed by atoms with Crippen molar-refractivity contribution in [2.75, 3.05) is 46.4 Å². The van der Waals surface area contributed by atoms with Crippen LogP contribution in [-0.4, -0.2) is 85.3 Å². The summed E-state index contributed by atoms with van der Waals surface area (Å²) in [4.78, 5) is 27.6. The molecule has 2 unspecified atom stereocenters. The Balaban J connectivity index is 1.85. The Morgan fingerprint density at radius 3 is 3.05 bits per heavy atom. The molecule has 0 saturated carbocycles. The zero-order valence-corrected chi connectivity index (χ0v) is 12.6. The van der Waals surface area contributed by atoms with Crippen LogP contribution in [0.1, 0.15) is 19.3 Å². The van der Waals surface area contributed by atoms with E-state index in [0.717, 1.165) is 19.4 Å². The molecule has 2 rings (SSSR count). The van der Waals surface area contributed by atoms with Crippen molar-refractivity contribution in [3.8, 4) is 0 Å². The molecule has 2 heterocycles. The van der Waals surface area contributed by atoms with E-state index in [2.05, 4.69) is 5.32 Å². The molecule has 2 fully saturated rings. The molecular weight excluding hydrogens is 274 g/mol. The van der Waals surface area contributed by atoms with Crippen molar-refractivity contribution in [3.05, 3.63) is 0 Å². The summed E-state index contributed by atoms with van der Waals surface area (Å²) in [6.07, 6.45) is 2.33. The second-order valence-electron chi connectivity index (χ2n) is 5.67. The summed E-state index contributed by atoms with van der Waals surface area (Å²) >= 11 is 0. The number of aliphatic hydroxyl groups excluding tert-OH is 1. The predicted molar refractivity (Wildman–Crippen MR) is 76.7 cm³/mol. The van der Waals surface area contributed by atoms with Crippen molar-refractivity contribution in [2.24, 2.45) is 0 Å². The first kappa shape index (κ1) is 16.2. The van der Waals surface area contributed by atoms with E-state index in [1.54, 1.807) is 11.9 Å². The Hall–Kier alpha value is -1.18. The fourth-order valence-electron chi connectivity index (χ4n) is 2.77. The number of hydrogen-bond acceptors (Lipinski definition) is 5. The largest absolute Gasteiger partial charge is 0.395 e. The SMILES string of the molecule is CN(CCO)C(=O)CC1NCCN(CC2CCCO2)C1=O. The average Bonchev–Trinajstić information content (AvgIpc) is 2.96. The van der Waals surface area contributed by atoms with Gasteiger partial charge in [0.1, 0.15) is 0 Å². The van der Waals surface area contributed by atoms with E-state index in [-0.39, 0.29) is 30.9 Å². The van der Waals surface area contributed by atoms with Crippen molar-refractivity contribution < 1.29 is 19.4 Å². The fourth-order valence-corrected chi connectivity index (χ4v) is 2.77. The van der Waals surface area contributed by atoms with Crippen molar-refractivity contribution in [1.29, 1.82) is 0 Å². The molecule has 2 aliphatic heterocycles. The smallest absolute Gasteiger partial charge is 0.240 e. The van der Waals surface area contributed by atoms with Gasteiger partial charge in [-0.15, -0.1) is 0 Å². The standard InChI is InChI=1S/C14H25N3O4/c1-16(6-7-18)13(19)9-12-14(20)17(5-4-15-12)10-11-3-2-8-21-11/h11-12,15,18H,2-10H2,1H3. The third kappa shape index (κ3) is 4.39. The van der Waals surface area contributed by atoms with Crippen LogP contribution in [0.5, 0.6) is 0 Å². The van der Waals surface area contributed by atoms with Gasteiger partial charge in [0.2, 0.25) is 11.8 Å². The summed E-state index contributed by atoms with van der Waals surface area (Å²) in [6.45, 7) is 2.98. The highest BCUT2D eigenvalue weighted by molar-refractivity contribution is 5.88. The van der Waals surface area contributed by atoms with E-state index in [0.29, 0.717) is 26.2 Å². The van der Waals surface area contributed by atoms with Crippen molar-refractivity contribution >= 4 is 11.8 Å². The lowest BCUT2D eigenvalue weighted by molar-refractivity contribution is -0.141. The number of hydrogen-bond donors (Lipinski definition) is 2. The van der Waals surface area contributed by atoms with Gasteiger partial charge in [-0.3, -0.25) is 9.59 Å². The number of nitrogens with zero attached hydrogens (tertiary/aromatic N) is 2. The van der Waals surface area contributed by atoms with Gasteiger partial charge in [0.15, 0.2) is 0 Å². The number of aliphatic hydroxyl groups is 1. The highest BCUT2D eigenvalue weighted by Gasteiger charge is 2.32. The van der Waals surface area contributed by atoms with E-state index in [9.17, 15) is 9.59 Å². The van der Waals surface area contributed by atoms with Crippen LogP contribution in [0.15, 0.2) is 0 Å². The predicted octanol–water partition coefficient (Wildman–Crippen LogP) is -1.19. The number of rotatable bonds is 6. The van der Waals surface area contributed by atoms with Crippen LogP contribution >= 0.6 is 0 Å². The molecule has 2 atom stereocenters. The van der Waals surface area contributed by atoms with Crippen LogP contribution in [0.2, 0.25) is 0 Å². The molecule has 120 valence electrons. The van der Waals surface area contributed by atoms with Crippen LogP contribution in [0.25, 0.3) is 0 Å². The Morgan fingerprint density at radius 1 is 1.57 bits per heavy atom. The number of piperazine rings is 1. The average molecular weight is 299 g/mol. The number of amides is 2. The summed E-state index contributed by atoms with van der Waals surface area (Å²) in [7, 11) is 1.63. The molecule has 0 bridgehead atoms. The first-order valence-electron chi connectivity index (χ1n) is 7.60. The van der Waals surface area contributed by atoms with E-state index >= 15 is 0 Å². The molecule has 0 spiro atoms. The molecular formula is C14H25N3O4. The summed E-state index contributed by atoms with van der Waals surface area (Å²) in [5.74, 6) is -0.156. The van der Waals surface area contributed by atoms with Gasteiger partial charge in [0.05, 0.1) is 25.2 Å². The van der Waals surface area contributed by atoms with Crippen molar-refractivity contribution in [1.82, 2.24) is 15.1 Å². The number of carbonyl (C=O) groups is 2. The van der Waals surface area contributed by atoms with Gasteiger partial charge in [0.25, 0.3) is 0 Å². The second-order valence-corrected chi connectivity index (χ2v) is 5.67. The monoisotopic (exact) mass is 299 g/mol. The van der Waals surface area contributed by atoms with Gasteiger partial charge in [-0.05, 0) is 12.8 Å². The normalized spacial score (nSPS) is 26.2. The Morgan fingerprint density at radius 2 is 2.38 bits per heavy atom. The quantitative estimate of drug-likeness (QED) is 0.644. The minimum Gasteiger partial charge on any atom is -0.395 e. The minimum absolute atomic E-state index is 0.0255. The Labute approximate surface area is 125 Å². The summed E-state index contributed by atoms with van der Waals surface area (Å²) in [5, 5.41) is 12.0. The molecule has 0 aromatic heterocycles. The number of carbonyl (C=O) groups excluding carboxylic acids is 2. The molecule has 2 N–H and O–H groups in total. The highest BCUT2D eigenvalue weighted by atomic mass is 16.5. The van der Waals surface area contributed by atoms with Crippen LogP contribution in [-0.2, 0) is 14.3 Å². The molecule has 2 aliphatic rings. The lowest BCUT2D eigenvalue weighted by atomic mass is 10.1. The maximum atomic E-state index is 12.4. The van der Waals surface area contributed by atoms with Crippen molar-refractivity contribution in [2.45, 2.75) is 31.4 Å². The van der Waals surface area contributed by atoms with Crippen LogP contribution in [0.3, 0.4) is 0 Å². The van der Waals surface area contributed by atoms with E-state index in [1.165, 1.54) is 4.90 Å². The molecule has 21 heavy (non-hydrogen) atoms. The zero-order valence-electron chi connectivity index (χ0n) is 12.6. The van der Waals surface area contributed by atoms with Crippen LogP contribution in [0.4, 0.5) is 0 Å². The zero-order chi connectivity index (χ0) is 15.2. The van der Waals surface area contributed by atoms with E-state index in [1.807, 2.05) is 0 Å². The molecule has 2 saturated heterocycles. The summed E-state index contributed by atoms with van der Waals surface area (Å²) < 4.78 is 5.57. The second kappa shape index (κ2) is 7.72. The third-order valence-corrected chi connectivity index (χ3v) is 4.07. The molecule has 2 amide bonds. The van der Waals surface area contributed by atoms with E-state index in [4.69, 9.17) is 9.84 Å². The number of likely N-dealkylation sites (N-methyl/N-ethyl adjacent to an activating group) is 1. The van der Waals surface area contributed by atoms with Crippen LogP contribution < -0.4 is 5.32 Å². The Kier molecular flexibility index (Phi) is 5.96. The molecule has 0 aliphatic carbocycles. The lowest BCUT2D eigenvalue weighted by Gasteiger charge is -2.34. The highest BCUT2D eigenvalue weighted by Crippen LogP contribution is 2.15. The molecule has 7 heteroatoms. The molecule has 7 nitrogen and oxygen atoms in total. The van der Waals surface area contributed by atoms with Gasteiger partial charge in [-0.1, -0.05) is 0 Å². The maximum Gasteiger partial charge on any atom is 0.240 e. The van der Waals surface area contributed by atoms with Crippen LogP contribution in [0, 0.1) is 0 Å². The first-order chi connectivity index (χ1) is 10.1. The minimum atomic E-state index is -0.464. The lowest BCUT2D eigenvalue weighted by Crippen LogP contribution is -2.57. The number of ether oxygens (including phenoxy) is 1. The van der Waals surface area contributed by atoms with Gasteiger partial charge in [-0.25, -0.2) is 0 Å². The Bertz CT molecular complexity index is 371. The fraction of sp³-hybridized carbons (Fsp3) is 0.857. The van der Waals surface area contributed by atoms with Gasteiger partial charge >= 0.3 is 0 Å². The summed E-state index contributed by atoms with van der Waals surface area (Å²) in [6, 6.07) is -0.464. The topological polar surface area (TPSA) is 82.1 Å². The molecule has 0 radical (unpaired) electrons. The summed E-state index contributed by atoms with van der Waals surface area (Å²) in [5.41, 5.74) is 0.